The first-order valence-corrected chi connectivity index (χ1v) is 6.41. The van der Waals surface area contributed by atoms with Gasteiger partial charge in [-0.05, 0) is 6.92 Å². The van der Waals surface area contributed by atoms with E-state index in [0.717, 1.165) is 4.57 Å². The summed E-state index contributed by atoms with van der Waals surface area (Å²) in [4.78, 5) is 35.7. The summed E-state index contributed by atoms with van der Waals surface area (Å²) in [6.07, 6.45) is 2.32. The molecule has 0 atom stereocenters. The van der Waals surface area contributed by atoms with Crippen LogP contribution in [0.4, 0.5) is 0 Å². The quantitative estimate of drug-likeness (QED) is 0.609. The number of aromatic nitrogens is 5. The van der Waals surface area contributed by atoms with Gasteiger partial charge in [0, 0.05) is 37.8 Å². The van der Waals surface area contributed by atoms with Crippen LogP contribution >= 0.6 is 0 Å². The summed E-state index contributed by atoms with van der Waals surface area (Å²) < 4.78 is 4.00. The minimum absolute atomic E-state index is 0.174. The van der Waals surface area contributed by atoms with Crippen LogP contribution in [0.5, 0.6) is 0 Å². The smallest absolute Gasteiger partial charge is 0.331 e. The standard InChI is InChI=1S/C13H13N5O3/c1-4-18-5-7(6-19)8-9-10(14-15-11(8)18)16(2)13(21)17(3)12(9)20/h5-6H,4H2,1-3H3. The van der Waals surface area contributed by atoms with Gasteiger partial charge in [0.25, 0.3) is 5.56 Å². The zero-order chi connectivity index (χ0) is 15.3. The molecule has 3 heterocycles. The summed E-state index contributed by atoms with van der Waals surface area (Å²) in [5, 5.41) is 8.73. The first-order chi connectivity index (χ1) is 10.0. The fraction of sp³-hybridized carbons (Fsp3) is 0.308. The Kier molecular flexibility index (Phi) is 2.75. The van der Waals surface area contributed by atoms with Crippen molar-refractivity contribution in [2.75, 3.05) is 0 Å². The van der Waals surface area contributed by atoms with Crippen LogP contribution in [0.15, 0.2) is 15.8 Å². The Morgan fingerprint density at radius 2 is 1.76 bits per heavy atom. The Labute approximate surface area is 118 Å². The van der Waals surface area contributed by atoms with Crippen molar-refractivity contribution < 1.29 is 4.79 Å². The van der Waals surface area contributed by atoms with Gasteiger partial charge in [-0.3, -0.25) is 18.7 Å². The SMILES string of the molecule is CCn1cc(C=O)c2c3c(=O)n(C)c(=O)n(C)c3nnc21. The molecule has 0 N–H and O–H groups in total. The number of carbonyl (C=O) groups excluding carboxylic acids is 1. The molecule has 0 unspecified atom stereocenters. The Morgan fingerprint density at radius 1 is 1.10 bits per heavy atom. The van der Waals surface area contributed by atoms with Crippen LogP contribution in [0, 0.1) is 0 Å². The summed E-state index contributed by atoms with van der Waals surface area (Å²) in [5.74, 6) is 0. The van der Waals surface area contributed by atoms with Gasteiger partial charge in [0.2, 0.25) is 0 Å². The van der Waals surface area contributed by atoms with Crippen LogP contribution in [0.25, 0.3) is 22.1 Å². The molecule has 0 fully saturated rings. The lowest BCUT2D eigenvalue weighted by atomic mass is 10.2. The molecule has 108 valence electrons. The molecule has 0 radical (unpaired) electrons. The molecule has 0 aliphatic rings. The van der Waals surface area contributed by atoms with Gasteiger partial charge in [-0.1, -0.05) is 0 Å². The third kappa shape index (κ3) is 1.58. The van der Waals surface area contributed by atoms with E-state index in [1.165, 1.54) is 18.7 Å². The van der Waals surface area contributed by atoms with Gasteiger partial charge < -0.3 is 4.57 Å². The van der Waals surface area contributed by atoms with Gasteiger partial charge in [0.1, 0.15) is 0 Å². The molecule has 0 aliphatic carbocycles. The zero-order valence-electron chi connectivity index (χ0n) is 11.8. The molecule has 0 saturated heterocycles. The number of carbonyl (C=O) groups is 1. The maximum atomic E-state index is 12.4. The van der Waals surface area contributed by atoms with E-state index in [9.17, 15) is 14.4 Å². The number of nitrogens with zero attached hydrogens (tertiary/aromatic N) is 5. The molecule has 0 aliphatic heterocycles. The van der Waals surface area contributed by atoms with E-state index < -0.39 is 11.2 Å². The average molecular weight is 287 g/mol. The van der Waals surface area contributed by atoms with E-state index in [1.54, 1.807) is 10.8 Å². The molecule has 8 nitrogen and oxygen atoms in total. The van der Waals surface area contributed by atoms with E-state index in [4.69, 9.17) is 0 Å². The molecule has 3 rings (SSSR count). The van der Waals surface area contributed by atoms with E-state index in [-0.39, 0.29) is 11.0 Å². The number of fused-ring (bicyclic) bond motifs is 3. The van der Waals surface area contributed by atoms with Crippen LogP contribution in [-0.4, -0.2) is 30.2 Å². The van der Waals surface area contributed by atoms with Crippen LogP contribution in [-0.2, 0) is 20.6 Å². The normalized spacial score (nSPS) is 11.4. The molecular formula is C13H13N5O3. The second-order valence-corrected chi connectivity index (χ2v) is 4.79. The zero-order valence-corrected chi connectivity index (χ0v) is 11.8. The van der Waals surface area contributed by atoms with Gasteiger partial charge >= 0.3 is 5.69 Å². The molecule has 21 heavy (non-hydrogen) atoms. The van der Waals surface area contributed by atoms with Crippen molar-refractivity contribution in [1.29, 1.82) is 0 Å². The number of rotatable bonds is 2. The topological polar surface area (TPSA) is 91.8 Å². The van der Waals surface area contributed by atoms with Crippen molar-refractivity contribution in [3.05, 3.63) is 32.6 Å². The highest BCUT2D eigenvalue weighted by Crippen LogP contribution is 2.23. The van der Waals surface area contributed by atoms with Crippen molar-refractivity contribution in [2.45, 2.75) is 13.5 Å². The van der Waals surface area contributed by atoms with E-state index in [1.807, 2.05) is 6.92 Å². The van der Waals surface area contributed by atoms with Crippen molar-refractivity contribution in [3.63, 3.8) is 0 Å². The molecule has 3 aromatic heterocycles. The second-order valence-electron chi connectivity index (χ2n) is 4.79. The molecule has 0 aromatic carbocycles. The predicted octanol–water partition coefficient (Wildman–Crippen LogP) is -0.186. The van der Waals surface area contributed by atoms with Crippen LogP contribution < -0.4 is 11.2 Å². The third-order valence-corrected chi connectivity index (χ3v) is 3.67. The maximum absolute atomic E-state index is 12.4. The summed E-state index contributed by atoms with van der Waals surface area (Å²) in [7, 11) is 2.91. The average Bonchev–Trinajstić information content (AvgIpc) is 2.88. The van der Waals surface area contributed by atoms with Crippen molar-refractivity contribution in [3.8, 4) is 0 Å². The van der Waals surface area contributed by atoms with E-state index in [2.05, 4.69) is 10.2 Å². The number of aryl methyl sites for hydroxylation is 2. The fourth-order valence-electron chi connectivity index (χ4n) is 2.52. The summed E-state index contributed by atoms with van der Waals surface area (Å²) >= 11 is 0. The maximum Gasteiger partial charge on any atom is 0.332 e. The molecule has 0 bridgehead atoms. The van der Waals surface area contributed by atoms with Crippen molar-refractivity contribution in [1.82, 2.24) is 23.9 Å². The molecule has 0 amide bonds. The fourth-order valence-corrected chi connectivity index (χ4v) is 2.52. The Hall–Kier alpha value is -2.77. The molecule has 0 spiro atoms. The number of hydrogen-bond acceptors (Lipinski definition) is 5. The van der Waals surface area contributed by atoms with Gasteiger partial charge in [0.05, 0.1) is 5.39 Å². The molecule has 8 heteroatoms. The summed E-state index contributed by atoms with van der Waals surface area (Å²) in [6, 6.07) is 0. The molecule has 3 aromatic rings. The molecule has 0 saturated carbocycles. The van der Waals surface area contributed by atoms with Crippen molar-refractivity contribution in [2.24, 2.45) is 14.1 Å². The lowest BCUT2D eigenvalue weighted by Gasteiger charge is -2.07. The van der Waals surface area contributed by atoms with E-state index >= 15 is 0 Å². The molecular weight excluding hydrogens is 274 g/mol. The Morgan fingerprint density at radius 3 is 2.38 bits per heavy atom. The van der Waals surface area contributed by atoms with Crippen LogP contribution in [0.1, 0.15) is 17.3 Å². The predicted molar refractivity (Wildman–Crippen MR) is 76.6 cm³/mol. The first-order valence-electron chi connectivity index (χ1n) is 6.41. The minimum Gasteiger partial charge on any atom is -0.331 e. The summed E-state index contributed by atoms with van der Waals surface area (Å²) in [5.41, 5.74) is 0.0339. The monoisotopic (exact) mass is 287 g/mol. The van der Waals surface area contributed by atoms with Gasteiger partial charge in [0.15, 0.2) is 17.6 Å². The first kappa shape index (κ1) is 13.2. The Balaban J connectivity index is 2.73. The number of aldehydes is 1. The highest BCUT2D eigenvalue weighted by molar-refractivity contribution is 6.09. The van der Waals surface area contributed by atoms with Gasteiger partial charge in [-0.2, -0.15) is 0 Å². The van der Waals surface area contributed by atoms with Crippen LogP contribution in [0.2, 0.25) is 0 Å². The largest absolute Gasteiger partial charge is 0.332 e. The highest BCUT2D eigenvalue weighted by Gasteiger charge is 2.19. The Bertz CT molecular complexity index is 1010. The lowest BCUT2D eigenvalue weighted by Crippen LogP contribution is -2.37. The lowest BCUT2D eigenvalue weighted by molar-refractivity contribution is 0.112. The second kappa shape index (κ2) is 4.37. The number of hydrogen-bond donors (Lipinski definition) is 0. The summed E-state index contributed by atoms with van der Waals surface area (Å²) in [6.45, 7) is 2.50. The van der Waals surface area contributed by atoms with Crippen LogP contribution in [0.3, 0.4) is 0 Å². The van der Waals surface area contributed by atoms with Gasteiger partial charge in [-0.15, -0.1) is 10.2 Å². The van der Waals surface area contributed by atoms with E-state index in [0.29, 0.717) is 29.4 Å². The van der Waals surface area contributed by atoms with Crippen molar-refractivity contribution >= 4 is 28.4 Å². The minimum atomic E-state index is -0.483. The highest BCUT2D eigenvalue weighted by atomic mass is 16.2. The third-order valence-electron chi connectivity index (χ3n) is 3.67. The van der Waals surface area contributed by atoms with Gasteiger partial charge in [-0.25, -0.2) is 4.79 Å².